The van der Waals surface area contributed by atoms with E-state index in [4.69, 9.17) is 5.73 Å². The highest BCUT2D eigenvalue weighted by Gasteiger charge is 2.09. The van der Waals surface area contributed by atoms with E-state index < -0.39 is 9.84 Å². The lowest BCUT2D eigenvalue weighted by Gasteiger charge is -2.11. The Morgan fingerprint density at radius 1 is 1.33 bits per heavy atom. The molecule has 1 unspecified atom stereocenters. The summed E-state index contributed by atoms with van der Waals surface area (Å²) in [5.41, 5.74) is 6.83. The molecule has 0 heterocycles. The highest BCUT2D eigenvalue weighted by molar-refractivity contribution is 9.10. The summed E-state index contributed by atoms with van der Waals surface area (Å²) < 4.78 is 22.9. The van der Waals surface area contributed by atoms with Crippen LogP contribution in [0.3, 0.4) is 0 Å². The zero-order valence-corrected chi connectivity index (χ0v) is 10.9. The maximum Gasteiger partial charge on any atom is 0.147 e. The molecule has 0 aromatic heterocycles. The topological polar surface area (TPSA) is 60.2 Å². The van der Waals surface area contributed by atoms with E-state index in [2.05, 4.69) is 15.9 Å². The standard InChI is InChI=1S/C10H14BrNO2S/c1-15(13,14)7-6-10(12)8-2-4-9(11)5-3-8/h2-5,10H,6-7,12H2,1H3. The fourth-order valence-electron chi connectivity index (χ4n) is 1.22. The molecule has 0 aliphatic carbocycles. The van der Waals surface area contributed by atoms with Gasteiger partial charge in [0.15, 0.2) is 0 Å². The minimum Gasteiger partial charge on any atom is -0.324 e. The van der Waals surface area contributed by atoms with Crippen molar-refractivity contribution in [2.75, 3.05) is 12.0 Å². The first-order valence-corrected chi connectivity index (χ1v) is 7.42. The second-order valence-electron chi connectivity index (χ2n) is 3.58. The van der Waals surface area contributed by atoms with E-state index in [-0.39, 0.29) is 11.8 Å². The molecule has 84 valence electrons. The van der Waals surface area contributed by atoms with E-state index in [0.29, 0.717) is 6.42 Å². The van der Waals surface area contributed by atoms with Crippen molar-refractivity contribution in [1.82, 2.24) is 0 Å². The van der Waals surface area contributed by atoms with Gasteiger partial charge in [-0.05, 0) is 24.1 Å². The maximum atomic E-state index is 11.0. The van der Waals surface area contributed by atoms with Gasteiger partial charge >= 0.3 is 0 Å². The van der Waals surface area contributed by atoms with Crippen LogP contribution >= 0.6 is 15.9 Å². The Bertz CT molecular complexity index is 414. The summed E-state index contributed by atoms with van der Waals surface area (Å²) >= 11 is 3.33. The lowest BCUT2D eigenvalue weighted by Crippen LogP contribution is -2.15. The first kappa shape index (κ1) is 12.7. The number of sulfone groups is 1. The van der Waals surface area contributed by atoms with Crippen LogP contribution < -0.4 is 5.73 Å². The van der Waals surface area contributed by atoms with Crippen molar-refractivity contribution in [3.63, 3.8) is 0 Å². The molecule has 5 heteroatoms. The first-order chi connectivity index (χ1) is 6.88. The largest absolute Gasteiger partial charge is 0.324 e. The molecule has 0 saturated carbocycles. The zero-order chi connectivity index (χ0) is 11.5. The summed E-state index contributed by atoms with van der Waals surface area (Å²) in [7, 11) is -2.92. The van der Waals surface area contributed by atoms with Crippen LogP contribution in [0.25, 0.3) is 0 Å². The second-order valence-corrected chi connectivity index (χ2v) is 6.75. The number of benzene rings is 1. The SMILES string of the molecule is CS(=O)(=O)CCC(N)c1ccc(Br)cc1. The van der Waals surface area contributed by atoms with Crippen LogP contribution in [0.5, 0.6) is 0 Å². The number of rotatable bonds is 4. The van der Waals surface area contributed by atoms with Crippen molar-refractivity contribution in [1.29, 1.82) is 0 Å². The Balaban J connectivity index is 2.61. The van der Waals surface area contributed by atoms with Crippen LogP contribution in [0.4, 0.5) is 0 Å². The fraction of sp³-hybridized carbons (Fsp3) is 0.400. The minimum atomic E-state index is -2.92. The third-order valence-electron chi connectivity index (χ3n) is 2.10. The van der Waals surface area contributed by atoms with Crippen molar-refractivity contribution in [2.24, 2.45) is 5.73 Å². The smallest absolute Gasteiger partial charge is 0.147 e. The molecule has 15 heavy (non-hydrogen) atoms. The lowest BCUT2D eigenvalue weighted by atomic mass is 10.1. The van der Waals surface area contributed by atoms with Crippen LogP contribution in [0, 0.1) is 0 Å². The van der Waals surface area contributed by atoms with Gasteiger partial charge in [0, 0.05) is 16.8 Å². The molecule has 1 rings (SSSR count). The van der Waals surface area contributed by atoms with Gasteiger partial charge in [0.25, 0.3) is 0 Å². The third-order valence-corrected chi connectivity index (χ3v) is 3.60. The maximum absolute atomic E-state index is 11.0. The quantitative estimate of drug-likeness (QED) is 0.921. The minimum absolute atomic E-state index is 0.129. The van der Waals surface area contributed by atoms with Crippen molar-refractivity contribution in [3.05, 3.63) is 34.3 Å². The Hall–Kier alpha value is -0.390. The Morgan fingerprint density at radius 3 is 2.33 bits per heavy atom. The van der Waals surface area contributed by atoms with E-state index in [0.717, 1.165) is 10.0 Å². The van der Waals surface area contributed by atoms with Gasteiger partial charge in [-0.3, -0.25) is 0 Å². The summed E-state index contributed by atoms with van der Waals surface area (Å²) in [5, 5.41) is 0. The molecule has 1 atom stereocenters. The van der Waals surface area contributed by atoms with E-state index in [9.17, 15) is 8.42 Å². The van der Waals surface area contributed by atoms with Crippen LogP contribution in [-0.4, -0.2) is 20.4 Å². The van der Waals surface area contributed by atoms with Crippen LogP contribution in [0.1, 0.15) is 18.0 Å². The summed E-state index contributed by atoms with van der Waals surface area (Å²) in [6.45, 7) is 0. The molecule has 3 nitrogen and oxygen atoms in total. The second kappa shape index (κ2) is 5.09. The van der Waals surface area contributed by atoms with Crippen molar-refractivity contribution in [3.8, 4) is 0 Å². The lowest BCUT2D eigenvalue weighted by molar-refractivity contribution is 0.592. The molecular weight excluding hydrogens is 278 g/mol. The summed E-state index contributed by atoms with van der Waals surface area (Å²) in [4.78, 5) is 0. The molecule has 0 aliphatic rings. The van der Waals surface area contributed by atoms with Gasteiger partial charge in [-0.25, -0.2) is 8.42 Å². The van der Waals surface area contributed by atoms with Crippen molar-refractivity contribution in [2.45, 2.75) is 12.5 Å². The molecule has 2 N–H and O–H groups in total. The normalized spacial score (nSPS) is 13.8. The first-order valence-electron chi connectivity index (χ1n) is 4.57. The van der Waals surface area contributed by atoms with Gasteiger partial charge in [-0.2, -0.15) is 0 Å². The molecule has 0 aliphatic heterocycles. The number of hydrogen-bond acceptors (Lipinski definition) is 3. The van der Waals surface area contributed by atoms with Crippen molar-refractivity contribution < 1.29 is 8.42 Å². The van der Waals surface area contributed by atoms with E-state index in [1.54, 1.807) is 0 Å². The monoisotopic (exact) mass is 291 g/mol. The number of nitrogens with two attached hydrogens (primary N) is 1. The highest BCUT2D eigenvalue weighted by Crippen LogP contribution is 2.17. The predicted molar refractivity (Wildman–Crippen MR) is 65.4 cm³/mol. The van der Waals surface area contributed by atoms with Crippen LogP contribution in [-0.2, 0) is 9.84 Å². The van der Waals surface area contributed by atoms with Gasteiger partial charge in [0.2, 0.25) is 0 Å². The molecule has 0 fully saturated rings. The molecule has 0 radical (unpaired) electrons. The molecule has 1 aromatic carbocycles. The van der Waals surface area contributed by atoms with E-state index in [1.165, 1.54) is 6.26 Å². The van der Waals surface area contributed by atoms with Gasteiger partial charge < -0.3 is 5.73 Å². The molecule has 0 saturated heterocycles. The summed E-state index contributed by atoms with van der Waals surface area (Å²) in [6.07, 6.45) is 1.68. The van der Waals surface area contributed by atoms with E-state index in [1.807, 2.05) is 24.3 Å². The molecule has 0 spiro atoms. The zero-order valence-electron chi connectivity index (χ0n) is 8.48. The average Bonchev–Trinajstić information content (AvgIpc) is 2.14. The van der Waals surface area contributed by atoms with Gasteiger partial charge in [-0.15, -0.1) is 0 Å². The molecule has 0 amide bonds. The van der Waals surface area contributed by atoms with Gasteiger partial charge in [0.05, 0.1) is 5.75 Å². The van der Waals surface area contributed by atoms with Crippen LogP contribution in [0.2, 0.25) is 0 Å². The molecule has 1 aromatic rings. The third kappa shape index (κ3) is 4.77. The fourth-order valence-corrected chi connectivity index (χ4v) is 2.16. The number of hydrogen-bond donors (Lipinski definition) is 1. The Kier molecular flexibility index (Phi) is 4.31. The van der Waals surface area contributed by atoms with E-state index >= 15 is 0 Å². The summed E-state index contributed by atoms with van der Waals surface area (Å²) in [5.74, 6) is 0.129. The molecular formula is C10H14BrNO2S. The number of halogens is 1. The van der Waals surface area contributed by atoms with Crippen molar-refractivity contribution >= 4 is 25.8 Å². The highest BCUT2D eigenvalue weighted by atomic mass is 79.9. The van der Waals surface area contributed by atoms with Gasteiger partial charge in [0.1, 0.15) is 9.84 Å². The predicted octanol–water partition coefficient (Wildman–Crippen LogP) is 1.88. The van der Waals surface area contributed by atoms with Gasteiger partial charge in [-0.1, -0.05) is 28.1 Å². The average molecular weight is 292 g/mol. The summed E-state index contributed by atoms with van der Waals surface area (Å²) in [6, 6.07) is 7.38. The Labute approximate surface area is 98.7 Å². The Morgan fingerprint density at radius 2 is 1.87 bits per heavy atom. The van der Waals surface area contributed by atoms with Crippen LogP contribution in [0.15, 0.2) is 28.7 Å². The molecule has 0 bridgehead atoms.